The van der Waals surface area contributed by atoms with Crippen LogP contribution in [-0.2, 0) is 0 Å². The highest BCUT2D eigenvalue weighted by Gasteiger charge is 2.29. The fourth-order valence-corrected chi connectivity index (χ4v) is 2.48. The van der Waals surface area contributed by atoms with E-state index in [0.717, 1.165) is 0 Å². The second-order valence-corrected chi connectivity index (χ2v) is 4.62. The van der Waals surface area contributed by atoms with Crippen LogP contribution in [0.2, 0.25) is 0 Å². The van der Waals surface area contributed by atoms with Gasteiger partial charge in [0.25, 0.3) is 0 Å². The van der Waals surface area contributed by atoms with Crippen molar-refractivity contribution in [1.82, 2.24) is 0 Å². The van der Waals surface area contributed by atoms with Crippen LogP contribution in [0, 0.1) is 25.2 Å². The van der Waals surface area contributed by atoms with E-state index < -0.39 is 0 Å². The molecule has 0 fully saturated rings. The first-order valence-electron chi connectivity index (χ1n) is 5.47. The van der Waals surface area contributed by atoms with Crippen LogP contribution in [0.25, 0.3) is 0 Å². The van der Waals surface area contributed by atoms with Gasteiger partial charge in [-0.2, -0.15) is 0 Å². The maximum atomic E-state index is 3.58. The van der Waals surface area contributed by atoms with Crippen LogP contribution >= 0.6 is 0 Å². The van der Waals surface area contributed by atoms with Crippen molar-refractivity contribution in [3.05, 3.63) is 41.3 Å². The minimum Gasteiger partial charge on any atom is -0.0617 e. The Kier molecular flexibility index (Phi) is 2.38. The Balaban J connectivity index is 2.51. The van der Waals surface area contributed by atoms with E-state index in [9.17, 15) is 0 Å². The van der Waals surface area contributed by atoms with E-state index in [1.807, 2.05) is 0 Å². The van der Waals surface area contributed by atoms with Crippen molar-refractivity contribution in [3.63, 3.8) is 0 Å². The highest BCUT2D eigenvalue weighted by Crippen LogP contribution is 2.41. The van der Waals surface area contributed by atoms with Gasteiger partial charge in [0.2, 0.25) is 0 Å². The average molecular weight is 186 g/mol. The van der Waals surface area contributed by atoms with Gasteiger partial charge in [-0.05, 0) is 41.4 Å². The second-order valence-electron chi connectivity index (χ2n) is 4.62. The van der Waals surface area contributed by atoms with Crippen LogP contribution < -0.4 is 0 Å². The first kappa shape index (κ1) is 9.76. The molecule has 1 aromatic rings. The maximum Gasteiger partial charge on any atom is 0.0201 e. The summed E-state index contributed by atoms with van der Waals surface area (Å²) in [4.78, 5) is 0. The third-order valence-corrected chi connectivity index (χ3v) is 3.74. The third kappa shape index (κ3) is 1.37. The molecule has 0 spiro atoms. The Morgan fingerprint density at radius 1 is 1.14 bits per heavy atom. The molecule has 2 rings (SSSR count). The van der Waals surface area contributed by atoms with Crippen molar-refractivity contribution in [2.75, 3.05) is 0 Å². The summed E-state index contributed by atoms with van der Waals surface area (Å²) < 4.78 is 0. The molecule has 0 nitrogen and oxygen atoms in total. The standard InChI is InChI=1S/C14H18/c1-9-6-5-7-13-8-10(2)11(3)12(4)14(9)13/h5-7,10-12H,1-4H3. The number of fused-ring (bicyclic) bond motifs is 1. The molecule has 0 aromatic heterocycles. The SMILES string of the molecule is Cc1cccc2c1C(C)C(C)C(C)[C]2. The highest BCUT2D eigenvalue weighted by molar-refractivity contribution is 5.44. The van der Waals surface area contributed by atoms with Crippen LogP contribution in [0.1, 0.15) is 43.4 Å². The first-order chi connectivity index (χ1) is 6.61. The molecular weight excluding hydrogens is 168 g/mol. The van der Waals surface area contributed by atoms with E-state index in [2.05, 4.69) is 52.3 Å². The van der Waals surface area contributed by atoms with Crippen molar-refractivity contribution in [3.8, 4) is 0 Å². The Hall–Kier alpha value is -0.780. The Labute approximate surface area is 87.3 Å². The molecule has 14 heavy (non-hydrogen) atoms. The van der Waals surface area contributed by atoms with Gasteiger partial charge in [-0.3, -0.25) is 0 Å². The minimum absolute atomic E-state index is 0.583. The van der Waals surface area contributed by atoms with E-state index >= 15 is 0 Å². The molecule has 0 saturated carbocycles. The quantitative estimate of drug-likeness (QED) is 0.578. The van der Waals surface area contributed by atoms with E-state index in [0.29, 0.717) is 17.8 Å². The lowest BCUT2D eigenvalue weighted by atomic mass is 9.70. The summed E-state index contributed by atoms with van der Waals surface area (Å²) >= 11 is 0. The molecule has 3 unspecified atom stereocenters. The maximum absolute atomic E-state index is 3.58. The van der Waals surface area contributed by atoms with Crippen molar-refractivity contribution >= 4 is 0 Å². The van der Waals surface area contributed by atoms with Crippen LogP contribution in [0.3, 0.4) is 0 Å². The van der Waals surface area contributed by atoms with Gasteiger partial charge >= 0.3 is 0 Å². The molecule has 2 radical (unpaired) electrons. The lowest BCUT2D eigenvalue weighted by molar-refractivity contribution is 0.360. The minimum atomic E-state index is 0.583. The lowest BCUT2D eigenvalue weighted by Gasteiger charge is -2.34. The zero-order valence-electron chi connectivity index (χ0n) is 9.46. The summed E-state index contributed by atoms with van der Waals surface area (Å²) in [6.07, 6.45) is 3.58. The van der Waals surface area contributed by atoms with Gasteiger partial charge in [0, 0.05) is 6.42 Å². The molecule has 74 valence electrons. The van der Waals surface area contributed by atoms with Gasteiger partial charge in [0.1, 0.15) is 0 Å². The molecule has 1 aliphatic rings. The zero-order chi connectivity index (χ0) is 10.3. The van der Waals surface area contributed by atoms with Crippen molar-refractivity contribution in [2.45, 2.75) is 33.6 Å². The van der Waals surface area contributed by atoms with Gasteiger partial charge in [-0.25, -0.2) is 0 Å². The van der Waals surface area contributed by atoms with Crippen LogP contribution in [0.5, 0.6) is 0 Å². The molecule has 1 aliphatic carbocycles. The van der Waals surface area contributed by atoms with E-state index in [1.54, 1.807) is 0 Å². The van der Waals surface area contributed by atoms with Crippen LogP contribution in [-0.4, -0.2) is 0 Å². The molecular formula is C14H18. The van der Waals surface area contributed by atoms with Crippen molar-refractivity contribution in [1.29, 1.82) is 0 Å². The molecule has 0 heteroatoms. The smallest absolute Gasteiger partial charge is 0.0201 e. The van der Waals surface area contributed by atoms with E-state index in [-0.39, 0.29) is 0 Å². The predicted molar refractivity (Wildman–Crippen MR) is 60.3 cm³/mol. The monoisotopic (exact) mass is 186 g/mol. The summed E-state index contributed by atoms with van der Waals surface area (Å²) in [7, 11) is 0. The molecule has 3 atom stereocenters. The summed E-state index contributed by atoms with van der Waals surface area (Å²) in [6, 6.07) is 6.54. The largest absolute Gasteiger partial charge is 0.0617 e. The zero-order valence-corrected chi connectivity index (χ0v) is 9.46. The van der Waals surface area contributed by atoms with Crippen molar-refractivity contribution < 1.29 is 0 Å². The summed E-state index contributed by atoms with van der Waals surface area (Å²) in [5.41, 5.74) is 4.27. The number of rotatable bonds is 0. The van der Waals surface area contributed by atoms with Crippen molar-refractivity contribution in [2.24, 2.45) is 11.8 Å². The summed E-state index contributed by atoms with van der Waals surface area (Å²) in [5, 5.41) is 0. The van der Waals surface area contributed by atoms with Gasteiger partial charge in [0.15, 0.2) is 0 Å². The lowest BCUT2D eigenvalue weighted by Crippen LogP contribution is -2.23. The Morgan fingerprint density at radius 2 is 1.86 bits per heavy atom. The fraction of sp³-hybridized carbons (Fsp3) is 0.500. The molecule has 0 bridgehead atoms. The molecule has 0 aliphatic heterocycles. The highest BCUT2D eigenvalue weighted by atomic mass is 14.3. The average Bonchev–Trinajstić information content (AvgIpc) is 2.14. The Bertz CT molecular complexity index is 338. The second kappa shape index (κ2) is 3.42. The van der Waals surface area contributed by atoms with Crippen LogP contribution in [0.15, 0.2) is 18.2 Å². The fourth-order valence-electron chi connectivity index (χ4n) is 2.48. The number of benzene rings is 1. The third-order valence-electron chi connectivity index (χ3n) is 3.74. The molecule has 0 N–H and O–H groups in total. The number of hydrogen-bond acceptors (Lipinski definition) is 0. The van der Waals surface area contributed by atoms with Gasteiger partial charge in [-0.15, -0.1) is 0 Å². The number of aryl methyl sites for hydroxylation is 1. The predicted octanol–water partition coefficient (Wildman–Crippen LogP) is 3.81. The van der Waals surface area contributed by atoms with Crippen LogP contribution in [0.4, 0.5) is 0 Å². The topological polar surface area (TPSA) is 0 Å². The Morgan fingerprint density at radius 3 is 2.57 bits per heavy atom. The molecule has 1 aromatic carbocycles. The van der Waals surface area contributed by atoms with Gasteiger partial charge < -0.3 is 0 Å². The summed E-state index contributed by atoms with van der Waals surface area (Å²) in [6.45, 7) is 9.15. The van der Waals surface area contributed by atoms with Gasteiger partial charge in [0.05, 0.1) is 0 Å². The van der Waals surface area contributed by atoms with E-state index in [4.69, 9.17) is 0 Å². The molecule has 0 heterocycles. The van der Waals surface area contributed by atoms with Gasteiger partial charge in [-0.1, -0.05) is 39.0 Å². The van der Waals surface area contributed by atoms with E-state index in [1.165, 1.54) is 16.7 Å². The first-order valence-corrected chi connectivity index (χ1v) is 5.47. The number of hydrogen-bond donors (Lipinski definition) is 0. The summed E-state index contributed by atoms with van der Waals surface area (Å²) in [5.74, 6) is 1.96. The normalized spacial score (nSPS) is 31.3. The molecule has 0 saturated heterocycles. The molecule has 0 amide bonds.